The van der Waals surface area contributed by atoms with Crippen LogP contribution in [-0.2, 0) is 17.8 Å². The topological polar surface area (TPSA) is 42.0 Å². The molecule has 3 aromatic rings. The first-order valence-electron chi connectivity index (χ1n) is 7.32. The summed E-state index contributed by atoms with van der Waals surface area (Å²) in [5, 5.41) is 6.58. The maximum atomic E-state index is 12.0. The molecule has 0 saturated heterocycles. The molecule has 0 aliphatic carbocycles. The van der Waals surface area contributed by atoms with E-state index in [0.717, 1.165) is 21.8 Å². The Bertz CT molecular complexity index is 849. The summed E-state index contributed by atoms with van der Waals surface area (Å²) in [6, 6.07) is 15.2. The van der Waals surface area contributed by atoms with Gasteiger partial charge in [0.25, 0.3) is 0 Å². The normalized spacial score (nSPS) is 10.6. The number of amides is 1. The minimum absolute atomic E-state index is 0.0473. The Kier molecular flexibility index (Phi) is 5.51. The van der Waals surface area contributed by atoms with Crippen LogP contribution in [0.3, 0.4) is 0 Å². The van der Waals surface area contributed by atoms with Gasteiger partial charge in [0.05, 0.1) is 22.2 Å². The Labute approximate surface area is 154 Å². The van der Waals surface area contributed by atoms with Crippen molar-refractivity contribution >= 4 is 40.4 Å². The van der Waals surface area contributed by atoms with E-state index in [0.29, 0.717) is 16.6 Å². The summed E-state index contributed by atoms with van der Waals surface area (Å²) in [6.45, 7) is 0.519. The number of carbonyl (C=O) groups is 1. The molecule has 6 heteroatoms. The van der Waals surface area contributed by atoms with Crippen LogP contribution in [0.5, 0.6) is 0 Å². The quantitative estimate of drug-likeness (QED) is 0.682. The number of hydrogen-bond donors (Lipinski definition) is 1. The molecule has 0 aliphatic rings. The zero-order valence-corrected chi connectivity index (χ0v) is 15.0. The lowest BCUT2D eigenvalue weighted by Crippen LogP contribution is -2.24. The zero-order chi connectivity index (χ0) is 16.9. The molecule has 1 aromatic heterocycles. The highest BCUT2D eigenvalue weighted by Gasteiger charge is 2.10. The molecule has 1 amide bonds. The monoisotopic (exact) mass is 376 g/mol. The van der Waals surface area contributed by atoms with Crippen molar-refractivity contribution in [3.63, 3.8) is 0 Å². The van der Waals surface area contributed by atoms with Crippen LogP contribution in [0.4, 0.5) is 0 Å². The van der Waals surface area contributed by atoms with Gasteiger partial charge >= 0.3 is 0 Å². The number of halogens is 2. The van der Waals surface area contributed by atoms with Gasteiger partial charge in [-0.2, -0.15) is 0 Å². The van der Waals surface area contributed by atoms with Crippen LogP contribution in [0.15, 0.2) is 53.9 Å². The van der Waals surface area contributed by atoms with Crippen molar-refractivity contribution in [2.24, 2.45) is 0 Å². The first-order valence-corrected chi connectivity index (χ1v) is 8.96. The third-order valence-electron chi connectivity index (χ3n) is 3.41. The van der Waals surface area contributed by atoms with Crippen molar-refractivity contribution < 1.29 is 4.79 Å². The molecule has 3 nitrogen and oxygen atoms in total. The van der Waals surface area contributed by atoms with Gasteiger partial charge in [0.1, 0.15) is 5.01 Å². The van der Waals surface area contributed by atoms with Gasteiger partial charge < -0.3 is 5.32 Å². The first kappa shape index (κ1) is 17.0. The van der Waals surface area contributed by atoms with Gasteiger partial charge in [-0.1, -0.05) is 59.6 Å². The lowest BCUT2D eigenvalue weighted by Gasteiger charge is -2.03. The summed E-state index contributed by atoms with van der Waals surface area (Å²) in [5.74, 6) is -0.0473. The maximum absolute atomic E-state index is 12.0. The fourth-order valence-electron chi connectivity index (χ4n) is 2.18. The van der Waals surface area contributed by atoms with Crippen LogP contribution in [0.1, 0.15) is 10.6 Å². The van der Waals surface area contributed by atoms with Gasteiger partial charge in [0.2, 0.25) is 5.91 Å². The number of carbonyl (C=O) groups excluding carboxylic acids is 1. The molecule has 2 aromatic carbocycles. The van der Waals surface area contributed by atoms with Crippen LogP contribution in [0.25, 0.3) is 11.3 Å². The van der Waals surface area contributed by atoms with Gasteiger partial charge in [-0.3, -0.25) is 4.79 Å². The van der Waals surface area contributed by atoms with E-state index in [2.05, 4.69) is 10.3 Å². The Balaban J connectivity index is 1.61. The molecular weight excluding hydrogens is 363 g/mol. The Hall–Kier alpha value is -1.88. The average molecular weight is 377 g/mol. The molecule has 0 aliphatic heterocycles. The number of benzene rings is 2. The first-order chi connectivity index (χ1) is 11.6. The predicted octanol–water partition coefficient (Wildman–Crippen LogP) is 4.98. The van der Waals surface area contributed by atoms with Crippen LogP contribution in [-0.4, -0.2) is 10.9 Å². The van der Waals surface area contributed by atoms with Crippen molar-refractivity contribution in [1.82, 2.24) is 10.3 Å². The molecule has 0 saturated carbocycles. The number of thiazole rings is 1. The van der Waals surface area contributed by atoms with E-state index in [9.17, 15) is 4.79 Å². The van der Waals surface area contributed by atoms with Gasteiger partial charge in [0, 0.05) is 17.5 Å². The van der Waals surface area contributed by atoms with Crippen molar-refractivity contribution in [3.05, 3.63) is 74.5 Å². The highest BCUT2D eigenvalue weighted by atomic mass is 35.5. The summed E-state index contributed by atoms with van der Waals surface area (Å²) >= 11 is 13.4. The smallest absolute Gasteiger partial charge is 0.227 e. The van der Waals surface area contributed by atoms with E-state index in [-0.39, 0.29) is 12.3 Å². The third kappa shape index (κ3) is 4.35. The van der Waals surface area contributed by atoms with E-state index >= 15 is 0 Å². The van der Waals surface area contributed by atoms with Crippen molar-refractivity contribution in [1.29, 1.82) is 0 Å². The predicted molar refractivity (Wildman–Crippen MR) is 99.6 cm³/mol. The summed E-state index contributed by atoms with van der Waals surface area (Å²) in [5.41, 5.74) is 2.75. The molecular formula is C18H14Cl2N2OS. The van der Waals surface area contributed by atoms with E-state index < -0.39 is 0 Å². The second-order valence-corrected chi connectivity index (χ2v) is 6.95. The lowest BCUT2D eigenvalue weighted by atomic mass is 10.2. The molecule has 1 heterocycles. The van der Waals surface area contributed by atoms with E-state index in [1.165, 1.54) is 11.3 Å². The lowest BCUT2D eigenvalue weighted by molar-refractivity contribution is -0.120. The highest BCUT2D eigenvalue weighted by molar-refractivity contribution is 7.10. The summed E-state index contributed by atoms with van der Waals surface area (Å²) in [4.78, 5) is 16.5. The molecule has 122 valence electrons. The van der Waals surface area contributed by atoms with E-state index in [1.807, 2.05) is 41.8 Å². The zero-order valence-electron chi connectivity index (χ0n) is 12.6. The molecule has 0 bridgehead atoms. The van der Waals surface area contributed by atoms with Crippen LogP contribution >= 0.6 is 34.5 Å². The average Bonchev–Trinajstić information content (AvgIpc) is 3.05. The Morgan fingerprint density at radius 1 is 1.08 bits per heavy atom. The summed E-state index contributed by atoms with van der Waals surface area (Å²) in [6.07, 6.45) is 0.263. The number of hydrogen-bond acceptors (Lipinski definition) is 3. The summed E-state index contributed by atoms with van der Waals surface area (Å²) < 4.78 is 0. The standard InChI is InChI=1S/C18H14Cl2N2OS/c19-14-7-6-13(8-15(14)20)16-11-24-18(22-16)9-17(23)21-10-12-4-2-1-3-5-12/h1-8,11H,9-10H2,(H,21,23). The minimum Gasteiger partial charge on any atom is -0.352 e. The minimum atomic E-state index is -0.0473. The third-order valence-corrected chi connectivity index (χ3v) is 5.00. The SMILES string of the molecule is O=C(Cc1nc(-c2ccc(Cl)c(Cl)c2)cs1)NCc1ccccc1. The maximum Gasteiger partial charge on any atom is 0.227 e. The van der Waals surface area contributed by atoms with Gasteiger partial charge in [0.15, 0.2) is 0 Å². The number of nitrogens with zero attached hydrogens (tertiary/aromatic N) is 1. The van der Waals surface area contributed by atoms with Gasteiger partial charge in [-0.15, -0.1) is 11.3 Å². The number of aromatic nitrogens is 1. The van der Waals surface area contributed by atoms with E-state index in [4.69, 9.17) is 23.2 Å². The van der Waals surface area contributed by atoms with Gasteiger partial charge in [-0.05, 0) is 17.7 Å². The fraction of sp³-hybridized carbons (Fsp3) is 0.111. The molecule has 0 atom stereocenters. The summed E-state index contributed by atoms with van der Waals surface area (Å²) in [7, 11) is 0. The number of nitrogens with one attached hydrogen (secondary N) is 1. The van der Waals surface area contributed by atoms with Crippen LogP contribution in [0.2, 0.25) is 10.0 Å². The molecule has 0 unspecified atom stereocenters. The number of rotatable bonds is 5. The van der Waals surface area contributed by atoms with Crippen LogP contribution in [0, 0.1) is 0 Å². The molecule has 0 spiro atoms. The fourth-order valence-corrected chi connectivity index (χ4v) is 3.28. The molecule has 0 radical (unpaired) electrons. The Morgan fingerprint density at radius 2 is 1.88 bits per heavy atom. The van der Waals surface area contributed by atoms with Crippen LogP contribution < -0.4 is 5.32 Å². The largest absolute Gasteiger partial charge is 0.352 e. The van der Waals surface area contributed by atoms with Gasteiger partial charge in [-0.25, -0.2) is 4.98 Å². The second-order valence-electron chi connectivity index (χ2n) is 5.19. The highest BCUT2D eigenvalue weighted by Crippen LogP contribution is 2.29. The molecule has 24 heavy (non-hydrogen) atoms. The molecule has 0 fully saturated rings. The van der Waals surface area contributed by atoms with Crippen molar-refractivity contribution in [2.75, 3.05) is 0 Å². The molecule has 1 N–H and O–H groups in total. The Morgan fingerprint density at radius 3 is 2.62 bits per heavy atom. The second kappa shape index (κ2) is 7.79. The van der Waals surface area contributed by atoms with Crippen molar-refractivity contribution in [3.8, 4) is 11.3 Å². The molecule has 3 rings (SSSR count). The van der Waals surface area contributed by atoms with E-state index in [1.54, 1.807) is 12.1 Å². The van der Waals surface area contributed by atoms with Crippen molar-refractivity contribution in [2.45, 2.75) is 13.0 Å².